The van der Waals surface area contributed by atoms with Gasteiger partial charge in [0.15, 0.2) is 5.16 Å². The lowest BCUT2D eigenvalue weighted by molar-refractivity contribution is -0.129. The molecule has 1 amide bonds. The van der Waals surface area contributed by atoms with E-state index in [-0.39, 0.29) is 11.9 Å². The number of halogens is 1. The van der Waals surface area contributed by atoms with Crippen molar-refractivity contribution in [1.82, 2.24) is 24.6 Å². The lowest BCUT2D eigenvalue weighted by Crippen LogP contribution is -2.32. The maximum Gasteiger partial charge on any atom is 0.233 e. The molecule has 3 heterocycles. The van der Waals surface area contributed by atoms with Gasteiger partial charge in [0.05, 0.1) is 27.7 Å². The van der Waals surface area contributed by atoms with E-state index in [1.165, 1.54) is 11.8 Å². The first-order valence-electron chi connectivity index (χ1n) is 10.0. The third-order valence-electron chi connectivity index (χ3n) is 5.44. The average molecular weight is 470 g/mol. The third-order valence-corrected chi connectivity index (χ3v) is 7.92. The fourth-order valence-electron chi connectivity index (χ4n) is 3.80. The molecule has 9 heteroatoms. The maximum absolute atomic E-state index is 13.1. The van der Waals surface area contributed by atoms with E-state index in [4.69, 9.17) is 16.6 Å². The van der Waals surface area contributed by atoms with Gasteiger partial charge >= 0.3 is 0 Å². The molecule has 0 aliphatic carbocycles. The van der Waals surface area contributed by atoms with Crippen LogP contribution in [0.3, 0.4) is 0 Å². The van der Waals surface area contributed by atoms with E-state index in [9.17, 15) is 4.79 Å². The van der Waals surface area contributed by atoms with E-state index in [1.54, 1.807) is 17.7 Å². The molecule has 1 aliphatic heterocycles. The maximum atomic E-state index is 13.1. The van der Waals surface area contributed by atoms with Gasteiger partial charge in [-0.05, 0) is 49.6 Å². The Balaban J connectivity index is 1.30. The molecule has 0 bridgehead atoms. The summed E-state index contributed by atoms with van der Waals surface area (Å²) in [7, 11) is 0. The zero-order valence-electron chi connectivity index (χ0n) is 16.9. The molecule has 158 valence electrons. The molecule has 6 nitrogen and oxygen atoms in total. The number of aryl methyl sites for hydroxylation is 1. The molecule has 2 aromatic heterocycles. The number of carbonyl (C=O) groups excluding carboxylic acids is 1. The molecule has 1 unspecified atom stereocenters. The number of thiazole rings is 1. The summed E-state index contributed by atoms with van der Waals surface area (Å²) in [6.07, 6.45) is 3.59. The normalized spacial score (nSPS) is 16.3. The number of carbonyl (C=O) groups is 1. The van der Waals surface area contributed by atoms with E-state index in [2.05, 4.69) is 16.3 Å². The van der Waals surface area contributed by atoms with Gasteiger partial charge in [-0.25, -0.2) is 4.98 Å². The quantitative estimate of drug-likeness (QED) is 0.371. The smallest absolute Gasteiger partial charge is 0.233 e. The minimum absolute atomic E-state index is 0.0549. The molecule has 1 atom stereocenters. The molecule has 0 saturated carbocycles. The Hall–Kier alpha value is -2.42. The van der Waals surface area contributed by atoms with Crippen LogP contribution in [0, 0.1) is 6.92 Å². The van der Waals surface area contributed by atoms with Crippen LogP contribution in [0.1, 0.15) is 29.5 Å². The summed E-state index contributed by atoms with van der Waals surface area (Å²) >= 11 is 9.35. The van der Waals surface area contributed by atoms with Crippen LogP contribution >= 0.6 is 34.7 Å². The van der Waals surface area contributed by atoms with Crippen molar-refractivity contribution in [2.75, 3.05) is 12.3 Å². The highest BCUT2D eigenvalue weighted by atomic mass is 35.5. The summed E-state index contributed by atoms with van der Waals surface area (Å²) in [6, 6.07) is 14.0. The molecule has 1 fully saturated rings. The first-order chi connectivity index (χ1) is 15.1. The van der Waals surface area contributed by atoms with Gasteiger partial charge in [-0.3, -0.25) is 9.36 Å². The number of hydrogen-bond donors (Lipinski definition) is 0. The second kappa shape index (κ2) is 8.61. The van der Waals surface area contributed by atoms with Crippen LogP contribution in [0.5, 0.6) is 0 Å². The van der Waals surface area contributed by atoms with Crippen molar-refractivity contribution in [2.24, 2.45) is 0 Å². The lowest BCUT2D eigenvalue weighted by atomic mass is 10.2. The number of nitrogens with zero attached hydrogens (tertiary/aromatic N) is 5. The zero-order chi connectivity index (χ0) is 21.4. The Morgan fingerprint density at radius 2 is 2.16 bits per heavy atom. The molecular weight excluding hydrogens is 450 g/mol. The molecule has 4 aromatic rings. The van der Waals surface area contributed by atoms with Gasteiger partial charge in [-0.15, -0.1) is 21.5 Å². The van der Waals surface area contributed by atoms with Crippen LogP contribution in [0.2, 0.25) is 5.02 Å². The Bertz CT molecular complexity index is 1220. The first-order valence-corrected chi connectivity index (χ1v) is 12.2. The Morgan fingerprint density at radius 3 is 3.00 bits per heavy atom. The summed E-state index contributed by atoms with van der Waals surface area (Å²) in [6.45, 7) is 2.73. The van der Waals surface area contributed by atoms with Gasteiger partial charge in [0.2, 0.25) is 5.91 Å². The summed E-state index contributed by atoms with van der Waals surface area (Å²) in [5.41, 5.74) is 2.89. The molecule has 0 N–H and O–H groups in total. The molecular formula is C22H20ClN5OS2. The predicted molar refractivity (Wildman–Crippen MR) is 125 cm³/mol. The van der Waals surface area contributed by atoms with Gasteiger partial charge < -0.3 is 4.90 Å². The third kappa shape index (κ3) is 4.07. The van der Waals surface area contributed by atoms with Crippen molar-refractivity contribution in [3.8, 4) is 5.69 Å². The van der Waals surface area contributed by atoms with E-state index in [1.807, 2.05) is 52.8 Å². The van der Waals surface area contributed by atoms with E-state index in [0.717, 1.165) is 45.9 Å². The monoisotopic (exact) mass is 469 g/mol. The Kier molecular flexibility index (Phi) is 5.69. The van der Waals surface area contributed by atoms with Crippen molar-refractivity contribution in [3.63, 3.8) is 0 Å². The van der Waals surface area contributed by atoms with Gasteiger partial charge in [-0.1, -0.05) is 41.6 Å². The lowest BCUT2D eigenvalue weighted by Gasteiger charge is -2.22. The molecule has 31 heavy (non-hydrogen) atoms. The van der Waals surface area contributed by atoms with E-state index < -0.39 is 0 Å². The largest absolute Gasteiger partial charge is 0.332 e. The number of hydrogen-bond acceptors (Lipinski definition) is 6. The highest BCUT2D eigenvalue weighted by Gasteiger charge is 2.32. The standard InChI is InChI=1S/C22H20ClN5OS2/c1-14-8-9-15(11-16(14)23)28-13-24-26-22(28)30-12-20(29)27-10-4-6-18(27)21-25-17-5-2-3-7-19(17)31-21/h2-3,5,7-9,11,13,18H,4,6,10,12H2,1H3. The minimum atomic E-state index is 0.0549. The topological polar surface area (TPSA) is 63.9 Å². The highest BCUT2D eigenvalue weighted by Crippen LogP contribution is 2.37. The van der Waals surface area contributed by atoms with Gasteiger partial charge in [-0.2, -0.15) is 0 Å². The Labute approximate surface area is 193 Å². The van der Waals surface area contributed by atoms with E-state index >= 15 is 0 Å². The van der Waals surface area contributed by atoms with Gasteiger partial charge in [0.25, 0.3) is 0 Å². The van der Waals surface area contributed by atoms with Crippen LogP contribution in [0.4, 0.5) is 0 Å². The summed E-state index contributed by atoms with van der Waals surface area (Å²) in [5.74, 6) is 0.405. The van der Waals surface area contributed by atoms with Crippen LogP contribution in [0.25, 0.3) is 15.9 Å². The van der Waals surface area contributed by atoms with Crippen LogP contribution in [-0.2, 0) is 4.79 Å². The van der Waals surface area contributed by atoms with Crippen LogP contribution < -0.4 is 0 Å². The van der Waals surface area contributed by atoms with Crippen LogP contribution in [0.15, 0.2) is 53.9 Å². The predicted octanol–water partition coefficient (Wildman–Crippen LogP) is 5.29. The van der Waals surface area contributed by atoms with Crippen molar-refractivity contribution in [1.29, 1.82) is 0 Å². The second-order valence-corrected chi connectivity index (χ2v) is 9.88. The van der Waals surface area contributed by atoms with Crippen molar-refractivity contribution < 1.29 is 4.79 Å². The first kappa shape index (κ1) is 20.5. The second-order valence-electron chi connectivity index (χ2n) is 7.47. The number of rotatable bonds is 5. The van der Waals surface area contributed by atoms with Gasteiger partial charge in [0.1, 0.15) is 11.3 Å². The number of thioether (sulfide) groups is 1. The number of amides is 1. The number of benzene rings is 2. The summed E-state index contributed by atoms with van der Waals surface area (Å²) in [5, 5.41) is 10.6. The van der Waals surface area contributed by atoms with Crippen LogP contribution in [-0.4, -0.2) is 42.9 Å². The van der Waals surface area contributed by atoms with E-state index in [0.29, 0.717) is 15.9 Å². The fourth-order valence-corrected chi connectivity index (χ4v) is 5.90. The molecule has 0 radical (unpaired) electrons. The molecule has 0 spiro atoms. The van der Waals surface area contributed by atoms with Crippen molar-refractivity contribution in [2.45, 2.75) is 31.0 Å². The summed E-state index contributed by atoms with van der Waals surface area (Å²) in [4.78, 5) is 19.8. The van der Waals surface area contributed by atoms with Crippen molar-refractivity contribution >= 4 is 50.8 Å². The molecule has 1 aliphatic rings. The molecule has 1 saturated heterocycles. The highest BCUT2D eigenvalue weighted by molar-refractivity contribution is 7.99. The average Bonchev–Trinajstić information content (AvgIpc) is 3.52. The van der Waals surface area contributed by atoms with Gasteiger partial charge in [0, 0.05) is 11.6 Å². The summed E-state index contributed by atoms with van der Waals surface area (Å²) < 4.78 is 3.02. The SMILES string of the molecule is Cc1ccc(-n2cnnc2SCC(=O)N2CCCC2c2nc3ccccc3s2)cc1Cl. The molecule has 2 aromatic carbocycles. The Morgan fingerprint density at radius 1 is 1.29 bits per heavy atom. The van der Waals surface area contributed by atoms with Crippen molar-refractivity contribution in [3.05, 3.63) is 64.4 Å². The molecule has 5 rings (SSSR count). The minimum Gasteiger partial charge on any atom is -0.332 e. The number of para-hydroxylation sites is 1. The fraction of sp³-hybridized carbons (Fsp3) is 0.273. The number of aromatic nitrogens is 4. The zero-order valence-corrected chi connectivity index (χ0v) is 19.3. The number of likely N-dealkylation sites (tertiary alicyclic amines) is 1. The number of fused-ring (bicyclic) bond motifs is 1.